The summed E-state index contributed by atoms with van der Waals surface area (Å²) in [5, 5.41) is 0. The van der Waals surface area contributed by atoms with Gasteiger partial charge < -0.3 is 4.74 Å². The fraction of sp³-hybridized carbons (Fsp3) is 0.235. The lowest BCUT2D eigenvalue weighted by Crippen LogP contribution is -2.17. The van der Waals surface area contributed by atoms with Crippen molar-refractivity contribution in [1.82, 2.24) is 0 Å². The van der Waals surface area contributed by atoms with Crippen LogP contribution in [-0.4, -0.2) is 12.4 Å². The first-order valence-electron chi connectivity index (χ1n) is 6.75. The van der Waals surface area contributed by atoms with Gasteiger partial charge in [0.2, 0.25) is 0 Å². The van der Waals surface area contributed by atoms with Crippen molar-refractivity contribution in [1.29, 1.82) is 0 Å². The molecule has 1 heterocycles. The first-order chi connectivity index (χ1) is 9.75. The van der Waals surface area contributed by atoms with E-state index in [2.05, 4.69) is 0 Å². The topological polar surface area (TPSA) is 26.3 Å². The van der Waals surface area contributed by atoms with E-state index >= 15 is 0 Å². The SMILES string of the molecule is O=C(CC1CCOc2ccccc21)c1ccccc1F. The van der Waals surface area contributed by atoms with Crippen LogP contribution in [0.1, 0.15) is 34.7 Å². The number of hydrogen-bond acceptors (Lipinski definition) is 2. The number of ether oxygens (including phenoxy) is 1. The van der Waals surface area contributed by atoms with Crippen LogP contribution in [0.25, 0.3) is 0 Å². The zero-order valence-electron chi connectivity index (χ0n) is 11.0. The van der Waals surface area contributed by atoms with Crippen molar-refractivity contribution in [3.8, 4) is 5.75 Å². The predicted octanol–water partition coefficient (Wildman–Crippen LogP) is 3.96. The molecule has 3 heteroatoms. The van der Waals surface area contributed by atoms with Crippen LogP contribution in [0.2, 0.25) is 0 Å². The Bertz CT molecular complexity index is 636. The highest BCUT2D eigenvalue weighted by atomic mass is 19.1. The van der Waals surface area contributed by atoms with E-state index in [-0.39, 0.29) is 17.3 Å². The van der Waals surface area contributed by atoms with Crippen molar-refractivity contribution in [3.63, 3.8) is 0 Å². The van der Waals surface area contributed by atoms with Crippen molar-refractivity contribution in [2.45, 2.75) is 18.8 Å². The molecule has 0 spiro atoms. The molecular weight excluding hydrogens is 255 g/mol. The Kier molecular flexibility index (Phi) is 3.50. The molecule has 0 bridgehead atoms. The molecule has 0 amide bonds. The highest BCUT2D eigenvalue weighted by Crippen LogP contribution is 2.36. The fourth-order valence-corrected chi connectivity index (χ4v) is 2.65. The molecule has 2 nitrogen and oxygen atoms in total. The molecule has 0 aromatic heterocycles. The van der Waals surface area contributed by atoms with Gasteiger partial charge in [-0.1, -0.05) is 30.3 Å². The molecule has 102 valence electrons. The van der Waals surface area contributed by atoms with Crippen molar-refractivity contribution < 1.29 is 13.9 Å². The quantitative estimate of drug-likeness (QED) is 0.789. The van der Waals surface area contributed by atoms with Gasteiger partial charge in [-0.05, 0) is 36.1 Å². The van der Waals surface area contributed by atoms with Gasteiger partial charge in [0.15, 0.2) is 5.78 Å². The molecule has 1 atom stereocenters. The summed E-state index contributed by atoms with van der Waals surface area (Å²) in [6.07, 6.45) is 1.11. The largest absolute Gasteiger partial charge is 0.493 e. The van der Waals surface area contributed by atoms with Crippen LogP contribution in [0.4, 0.5) is 4.39 Å². The zero-order chi connectivity index (χ0) is 13.9. The number of rotatable bonds is 3. The number of fused-ring (bicyclic) bond motifs is 1. The lowest BCUT2D eigenvalue weighted by Gasteiger charge is -2.25. The summed E-state index contributed by atoms with van der Waals surface area (Å²) in [4.78, 5) is 12.3. The van der Waals surface area contributed by atoms with Gasteiger partial charge in [0.05, 0.1) is 12.2 Å². The molecule has 0 saturated carbocycles. The molecular formula is C17H15FO2. The number of para-hydroxylation sites is 1. The summed E-state index contributed by atoms with van der Waals surface area (Å²) >= 11 is 0. The zero-order valence-corrected chi connectivity index (χ0v) is 11.0. The number of halogens is 1. The number of ketones is 1. The molecule has 3 rings (SSSR count). The minimum Gasteiger partial charge on any atom is -0.493 e. The van der Waals surface area contributed by atoms with Crippen molar-refractivity contribution >= 4 is 5.78 Å². The highest BCUT2D eigenvalue weighted by molar-refractivity contribution is 5.96. The van der Waals surface area contributed by atoms with E-state index < -0.39 is 5.82 Å². The predicted molar refractivity (Wildman–Crippen MR) is 74.6 cm³/mol. The number of benzene rings is 2. The van der Waals surface area contributed by atoms with E-state index in [1.807, 2.05) is 24.3 Å². The first-order valence-corrected chi connectivity index (χ1v) is 6.75. The Balaban J connectivity index is 1.83. The molecule has 2 aromatic carbocycles. The summed E-state index contributed by atoms with van der Waals surface area (Å²) in [5.74, 6) is 0.347. The molecule has 1 aliphatic heterocycles. The van der Waals surface area contributed by atoms with Gasteiger partial charge in [-0.15, -0.1) is 0 Å². The average molecular weight is 270 g/mol. The Hall–Kier alpha value is -2.16. The van der Waals surface area contributed by atoms with Crippen molar-refractivity contribution in [2.24, 2.45) is 0 Å². The maximum absolute atomic E-state index is 13.6. The summed E-state index contributed by atoms with van der Waals surface area (Å²) in [7, 11) is 0. The molecule has 1 aliphatic rings. The molecule has 0 radical (unpaired) electrons. The van der Waals surface area contributed by atoms with Gasteiger partial charge in [0, 0.05) is 6.42 Å². The minimum absolute atomic E-state index is 0.104. The van der Waals surface area contributed by atoms with Crippen LogP contribution >= 0.6 is 0 Å². The fourth-order valence-electron chi connectivity index (χ4n) is 2.65. The first kappa shape index (κ1) is 12.9. The Morgan fingerprint density at radius 3 is 2.75 bits per heavy atom. The lowest BCUT2D eigenvalue weighted by atomic mass is 9.87. The van der Waals surface area contributed by atoms with E-state index in [1.165, 1.54) is 6.07 Å². The van der Waals surface area contributed by atoms with Crippen LogP contribution in [-0.2, 0) is 0 Å². The summed E-state index contributed by atoms with van der Waals surface area (Å²) < 4.78 is 19.2. The molecule has 0 N–H and O–H groups in total. The third-order valence-corrected chi connectivity index (χ3v) is 3.69. The van der Waals surface area contributed by atoms with E-state index in [1.54, 1.807) is 18.2 Å². The van der Waals surface area contributed by atoms with Crippen LogP contribution < -0.4 is 4.74 Å². The molecule has 1 unspecified atom stereocenters. The number of carbonyl (C=O) groups is 1. The van der Waals surface area contributed by atoms with Gasteiger partial charge in [-0.2, -0.15) is 0 Å². The van der Waals surface area contributed by atoms with Gasteiger partial charge in [-0.25, -0.2) is 4.39 Å². The van der Waals surface area contributed by atoms with Crippen LogP contribution in [0.3, 0.4) is 0 Å². The molecule has 2 aromatic rings. The van der Waals surface area contributed by atoms with E-state index in [0.717, 1.165) is 17.7 Å². The Morgan fingerprint density at radius 2 is 1.90 bits per heavy atom. The van der Waals surface area contributed by atoms with Gasteiger partial charge in [0.1, 0.15) is 11.6 Å². The third kappa shape index (κ3) is 2.44. The highest BCUT2D eigenvalue weighted by Gasteiger charge is 2.24. The summed E-state index contributed by atoms with van der Waals surface area (Å²) in [6.45, 7) is 0.603. The molecule has 0 aliphatic carbocycles. The third-order valence-electron chi connectivity index (χ3n) is 3.69. The normalized spacial score (nSPS) is 17.1. The van der Waals surface area contributed by atoms with Crippen LogP contribution in [0, 0.1) is 5.82 Å². The standard InChI is InChI=1S/C17H15FO2/c18-15-7-3-1-6-14(15)16(19)11-12-9-10-20-17-8-4-2-5-13(12)17/h1-8,12H,9-11H2. The monoisotopic (exact) mass is 270 g/mol. The maximum atomic E-state index is 13.6. The maximum Gasteiger partial charge on any atom is 0.166 e. The van der Waals surface area contributed by atoms with E-state index in [9.17, 15) is 9.18 Å². The van der Waals surface area contributed by atoms with E-state index in [4.69, 9.17) is 4.74 Å². The average Bonchev–Trinajstić information content (AvgIpc) is 2.48. The molecule has 20 heavy (non-hydrogen) atoms. The van der Waals surface area contributed by atoms with Gasteiger partial charge >= 0.3 is 0 Å². The second-order valence-corrected chi connectivity index (χ2v) is 4.98. The number of carbonyl (C=O) groups excluding carboxylic acids is 1. The minimum atomic E-state index is -0.446. The van der Waals surface area contributed by atoms with Crippen molar-refractivity contribution in [2.75, 3.05) is 6.61 Å². The van der Waals surface area contributed by atoms with Crippen LogP contribution in [0.5, 0.6) is 5.75 Å². The Morgan fingerprint density at radius 1 is 1.15 bits per heavy atom. The smallest absolute Gasteiger partial charge is 0.166 e. The van der Waals surface area contributed by atoms with Crippen LogP contribution in [0.15, 0.2) is 48.5 Å². The van der Waals surface area contributed by atoms with Gasteiger partial charge in [-0.3, -0.25) is 4.79 Å². The van der Waals surface area contributed by atoms with Crippen molar-refractivity contribution in [3.05, 3.63) is 65.5 Å². The number of hydrogen-bond donors (Lipinski definition) is 0. The molecule has 0 saturated heterocycles. The number of Topliss-reactive ketones (excluding diaryl/α,β-unsaturated/α-hetero) is 1. The summed E-state index contributed by atoms with van der Waals surface area (Å²) in [5.41, 5.74) is 1.22. The summed E-state index contributed by atoms with van der Waals surface area (Å²) in [6, 6.07) is 13.9. The second-order valence-electron chi connectivity index (χ2n) is 4.98. The van der Waals surface area contributed by atoms with Gasteiger partial charge in [0.25, 0.3) is 0 Å². The molecule has 0 fully saturated rings. The lowest BCUT2D eigenvalue weighted by molar-refractivity contribution is 0.0962. The Labute approximate surface area is 117 Å². The van der Waals surface area contributed by atoms with E-state index in [0.29, 0.717) is 13.0 Å². The second kappa shape index (κ2) is 5.45.